The average molecular weight is 289 g/mol. The maximum atomic E-state index is 13.3. The van der Waals surface area contributed by atoms with Crippen LogP contribution < -0.4 is 5.32 Å². The lowest BCUT2D eigenvalue weighted by atomic mass is 9.91. The highest BCUT2D eigenvalue weighted by molar-refractivity contribution is 5.28. The summed E-state index contributed by atoms with van der Waals surface area (Å²) in [4.78, 5) is 0. The topological polar surface area (TPSA) is 12.0 Å². The summed E-state index contributed by atoms with van der Waals surface area (Å²) in [6.45, 7) is 5.76. The van der Waals surface area contributed by atoms with Crippen LogP contribution in [-0.2, 0) is 6.42 Å². The normalized spacial score (nSPS) is 12.4. The summed E-state index contributed by atoms with van der Waals surface area (Å²) in [5.74, 6) is -0.834. The highest BCUT2D eigenvalue weighted by Gasteiger charge is 2.13. The third-order valence-corrected chi connectivity index (χ3v) is 3.59. The molecule has 1 unspecified atom stereocenters. The summed E-state index contributed by atoms with van der Waals surface area (Å²) in [6, 6.07) is 12.1. The minimum Gasteiger partial charge on any atom is -0.316 e. The maximum absolute atomic E-state index is 13.3. The first-order valence-electron chi connectivity index (χ1n) is 7.30. The van der Waals surface area contributed by atoms with Crippen LogP contribution in [0.15, 0.2) is 42.5 Å². The van der Waals surface area contributed by atoms with E-state index in [0.717, 1.165) is 19.2 Å². The van der Waals surface area contributed by atoms with Gasteiger partial charge in [-0.1, -0.05) is 36.8 Å². The highest BCUT2D eigenvalue weighted by atomic mass is 19.1. The van der Waals surface area contributed by atoms with Crippen LogP contribution in [0, 0.1) is 18.6 Å². The second kappa shape index (κ2) is 7.32. The molecule has 0 saturated heterocycles. The van der Waals surface area contributed by atoms with E-state index in [2.05, 4.69) is 29.6 Å². The number of nitrogens with one attached hydrogen (secondary N) is 1. The molecule has 2 rings (SSSR count). The van der Waals surface area contributed by atoms with Gasteiger partial charge in [-0.25, -0.2) is 8.78 Å². The van der Waals surface area contributed by atoms with Crippen molar-refractivity contribution < 1.29 is 8.78 Å². The molecule has 0 aliphatic carbocycles. The van der Waals surface area contributed by atoms with Crippen LogP contribution in [0.2, 0.25) is 0 Å². The first kappa shape index (κ1) is 15.6. The minimum atomic E-state index is -0.517. The number of hydrogen-bond acceptors (Lipinski definition) is 1. The average Bonchev–Trinajstić information content (AvgIpc) is 2.43. The molecule has 0 bridgehead atoms. The Bertz CT molecular complexity index is 558. The van der Waals surface area contributed by atoms with Gasteiger partial charge in [0.15, 0.2) is 0 Å². The van der Waals surface area contributed by atoms with E-state index >= 15 is 0 Å². The van der Waals surface area contributed by atoms with Gasteiger partial charge in [-0.2, -0.15) is 0 Å². The Morgan fingerprint density at radius 3 is 2.19 bits per heavy atom. The van der Waals surface area contributed by atoms with E-state index in [9.17, 15) is 8.78 Å². The zero-order chi connectivity index (χ0) is 15.2. The van der Waals surface area contributed by atoms with E-state index in [0.29, 0.717) is 12.0 Å². The third kappa shape index (κ3) is 4.64. The molecule has 1 atom stereocenters. The van der Waals surface area contributed by atoms with E-state index in [-0.39, 0.29) is 5.92 Å². The number of rotatable bonds is 6. The van der Waals surface area contributed by atoms with Gasteiger partial charge in [0.05, 0.1) is 0 Å². The predicted molar refractivity (Wildman–Crippen MR) is 82.5 cm³/mol. The molecule has 0 heterocycles. The Morgan fingerprint density at radius 2 is 1.62 bits per heavy atom. The van der Waals surface area contributed by atoms with E-state index in [1.165, 1.54) is 23.3 Å². The number of hydrogen-bond donors (Lipinski definition) is 1. The van der Waals surface area contributed by atoms with Crippen molar-refractivity contribution in [3.05, 3.63) is 70.8 Å². The van der Waals surface area contributed by atoms with E-state index in [4.69, 9.17) is 0 Å². The molecule has 0 spiro atoms. The molecule has 2 aromatic carbocycles. The lowest BCUT2D eigenvalue weighted by Crippen LogP contribution is -2.22. The quantitative estimate of drug-likeness (QED) is 0.840. The van der Waals surface area contributed by atoms with Gasteiger partial charge in [0.2, 0.25) is 0 Å². The molecule has 0 aliphatic heterocycles. The van der Waals surface area contributed by atoms with Gasteiger partial charge in [0.1, 0.15) is 11.6 Å². The largest absolute Gasteiger partial charge is 0.316 e. The molecule has 0 saturated carbocycles. The maximum Gasteiger partial charge on any atom is 0.126 e. The predicted octanol–water partition coefficient (Wildman–Crippen LogP) is 4.21. The number of aryl methyl sites for hydroxylation is 1. The standard InChI is InChI=1S/C18H21F2N/c1-3-21-12-16(15-6-4-13(2)5-7-15)8-14-9-17(19)11-18(20)10-14/h4-7,9-11,16,21H,3,8,12H2,1-2H3. The molecule has 0 fully saturated rings. The van der Waals surface area contributed by atoms with Crippen LogP contribution >= 0.6 is 0 Å². The Labute approximate surface area is 125 Å². The second-order valence-corrected chi connectivity index (χ2v) is 5.40. The number of benzene rings is 2. The van der Waals surface area contributed by atoms with Gasteiger partial charge >= 0.3 is 0 Å². The van der Waals surface area contributed by atoms with Crippen LogP contribution in [0.25, 0.3) is 0 Å². The van der Waals surface area contributed by atoms with Crippen LogP contribution in [0.1, 0.15) is 29.5 Å². The van der Waals surface area contributed by atoms with Crippen molar-refractivity contribution in [1.29, 1.82) is 0 Å². The van der Waals surface area contributed by atoms with Crippen molar-refractivity contribution in [3.8, 4) is 0 Å². The third-order valence-electron chi connectivity index (χ3n) is 3.59. The summed E-state index contributed by atoms with van der Waals surface area (Å²) in [6.07, 6.45) is 0.616. The molecule has 1 nitrogen and oxygen atoms in total. The van der Waals surface area contributed by atoms with Crippen LogP contribution in [0.4, 0.5) is 8.78 Å². The molecule has 112 valence electrons. The van der Waals surface area contributed by atoms with Crippen LogP contribution in [-0.4, -0.2) is 13.1 Å². The fourth-order valence-electron chi connectivity index (χ4n) is 2.48. The molecule has 0 aromatic heterocycles. The van der Waals surface area contributed by atoms with Crippen LogP contribution in [0.5, 0.6) is 0 Å². The summed E-state index contributed by atoms with van der Waals surface area (Å²) < 4.78 is 26.7. The SMILES string of the molecule is CCNCC(Cc1cc(F)cc(F)c1)c1ccc(C)cc1. The lowest BCUT2D eigenvalue weighted by Gasteiger charge is -2.18. The van der Waals surface area contributed by atoms with Gasteiger partial charge in [-0.15, -0.1) is 0 Å². The Kier molecular flexibility index (Phi) is 5.45. The van der Waals surface area contributed by atoms with Crippen molar-refractivity contribution in [2.24, 2.45) is 0 Å². The van der Waals surface area contributed by atoms with Crippen molar-refractivity contribution in [2.75, 3.05) is 13.1 Å². The van der Waals surface area contributed by atoms with Gasteiger partial charge in [0.25, 0.3) is 0 Å². The van der Waals surface area contributed by atoms with Gasteiger partial charge in [-0.05, 0) is 43.1 Å². The fraction of sp³-hybridized carbons (Fsp3) is 0.333. The fourth-order valence-corrected chi connectivity index (χ4v) is 2.48. The molecule has 21 heavy (non-hydrogen) atoms. The van der Waals surface area contributed by atoms with E-state index < -0.39 is 11.6 Å². The monoisotopic (exact) mass is 289 g/mol. The molecular formula is C18H21F2N. The Balaban J connectivity index is 2.21. The zero-order valence-electron chi connectivity index (χ0n) is 12.5. The summed E-state index contributed by atoms with van der Waals surface area (Å²) >= 11 is 0. The molecule has 2 aromatic rings. The lowest BCUT2D eigenvalue weighted by molar-refractivity contribution is 0.566. The van der Waals surface area contributed by atoms with Crippen molar-refractivity contribution in [1.82, 2.24) is 5.32 Å². The van der Waals surface area contributed by atoms with Crippen LogP contribution in [0.3, 0.4) is 0 Å². The smallest absolute Gasteiger partial charge is 0.126 e. The van der Waals surface area contributed by atoms with Gasteiger partial charge in [-0.3, -0.25) is 0 Å². The first-order chi connectivity index (χ1) is 10.1. The molecular weight excluding hydrogens is 268 g/mol. The second-order valence-electron chi connectivity index (χ2n) is 5.40. The summed E-state index contributed by atoms with van der Waals surface area (Å²) in [5, 5.41) is 3.32. The Hall–Kier alpha value is -1.74. The molecule has 0 radical (unpaired) electrons. The highest BCUT2D eigenvalue weighted by Crippen LogP contribution is 2.22. The number of likely N-dealkylation sites (N-methyl/N-ethyl adjacent to an activating group) is 1. The molecule has 0 aliphatic rings. The minimum absolute atomic E-state index is 0.201. The molecule has 1 N–H and O–H groups in total. The van der Waals surface area contributed by atoms with Crippen molar-refractivity contribution in [2.45, 2.75) is 26.2 Å². The van der Waals surface area contributed by atoms with Crippen molar-refractivity contribution in [3.63, 3.8) is 0 Å². The zero-order valence-corrected chi connectivity index (χ0v) is 12.5. The first-order valence-corrected chi connectivity index (χ1v) is 7.30. The Morgan fingerprint density at radius 1 is 1.00 bits per heavy atom. The van der Waals surface area contributed by atoms with E-state index in [1.807, 2.05) is 13.8 Å². The summed E-state index contributed by atoms with van der Waals surface area (Å²) in [5.41, 5.74) is 3.08. The van der Waals surface area contributed by atoms with Crippen molar-refractivity contribution >= 4 is 0 Å². The van der Waals surface area contributed by atoms with Gasteiger partial charge < -0.3 is 5.32 Å². The summed E-state index contributed by atoms with van der Waals surface area (Å²) in [7, 11) is 0. The van der Waals surface area contributed by atoms with Gasteiger partial charge in [0, 0.05) is 18.5 Å². The molecule has 3 heteroatoms. The molecule has 0 amide bonds. The number of halogens is 2. The van der Waals surface area contributed by atoms with E-state index in [1.54, 1.807) is 0 Å².